The van der Waals surface area contributed by atoms with Crippen molar-refractivity contribution < 1.29 is 32.9 Å². The standard InChI is InChI=1S/C51H93N2O6P/c1-6-8-10-11-12-13-14-15-16-17-18-19-20-21-22-23-24-25-26-27-28-29-30-31-32-33-34-35-36-37-38-39-40-41-43-45-51(55)52-49(50(54)44-42-9-7-2)48-59-60(56,57)58-47-46-53(3,4)5/h8,10,12-13,15-16,18-19,21-22,24-25,49-50,54H,6-7,9,11,14,17,20,23,26-48H2,1-5H3,(H-,52,55,56,57)/b10-8-,13-12-,16-15-,19-18-,22-21-,25-24-. The summed E-state index contributed by atoms with van der Waals surface area (Å²) in [6.45, 7) is 4.42. The van der Waals surface area contributed by atoms with E-state index in [0.29, 0.717) is 23.9 Å². The lowest BCUT2D eigenvalue weighted by molar-refractivity contribution is -0.870. The Bertz CT molecular complexity index is 1200. The first kappa shape index (κ1) is 57.9. The molecule has 60 heavy (non-hydrogen) atoms. The van der Waals surface area contributed by atoms with Gasteiger partial charge in [-0.1, -0.05) is 196 Å². The van der Waals surface area contributed by atoms with E-state index in [2.05, 4.69) is 92.1 Å². The van der Waals surface area contributed by atoms with E-state index >= 15 is 0 Å². The summed E-state index contributed by atoms with van der Waals surface area (Å²) in [5.41, 5.74) is 0. The molecule has 0 aliphatic rings. The number of amides is 1. The topological polar surface area (TPSA) is 108 Å². The van der Waals surface area contributed by atoms with Crippen LogP contribution in [-0.2, 0) is 18.4 Å². The van der Waals surface area contributed by atoms with Crippen molar-refractivity contribution in [3.05, 3.63) is 72.9 Å². The van der Waals surface area contributed by atoms with E-state index in [9.17, 15) is 19.4 Å². The van der Waals surface area contributed by atoms with Crippen LogP contribution in [0.4, 0.5) is 0 Å². The summed E-state index contributed by atoms with van der Waals surface area (Å²) in [5.74, 6) is -0.179. The zero-order valence-electron chi connectivity index (χ0n) is 39.4. The number of quaternary nitrogens is 1. The van der Waals surface area contributed by atoms with Crippen LogP contribution in [0.5, 0.6) is 0 Å². The molecule has 8 nitrogen and oxygen atoms in total. The van der Waals surface area contributed by atoms with Gasteiger partial charge in [-0.3, -0.25) is 9.36 Å². The lowest BCUT2D eigenvalue weighted by Gasteiger charge is -2.30. The van der Waals surface area contributed by atoms with Gasteiger partial charge in [0, 0.05) is 6.42 Å². The molecule has 0 rings (SSSR count). The Kier molecular flexibility index (Phi) is 40.8. The van der Waals surface area contributed by atoms with Gasteiger partial charge in [0.1, 0.15) is 13.2 Å². The summed E-state index contributed by atoms with van der Waals surface area (Å²) in [6.07, 6.45) is 57.4. The molecule has 0 aromatic heterocycles. The predicted octanol–water partition coefficient (Wildman–Crippen LogP) is 13.3. The minimum absolute atomic E-state index is 0.00876. The van der Waals surface area contributed by atoms with Crippen LogP contribution < -0.4 is 10.2 Å². The Labute approximate surface area is 370 Å². The number of allylic oxidation sites excluding steroid dienone is 12. The molecule has 0 heterocycles. The van der Waals surface area contributed by atoms with E-state index in [1.165, 1.54) is 89.9 Å². The summed E-state index contributed by atoms with van der Waals surface area (Å²) >= 11 is 0. The van der Waals surface area contributed by atoms with Gasteiger partial charge in [-0.2, -0.15) is 0 Å². The van der Waals surface area contributed by atoms with E-state index < -0.39 is 20.0 Å². The van der Waals surface area contributed by atoms with Crippen molar-refractivity contribution in [1.29, 1.82) is 0 Å². The Morgan fingerprint density at radius 1 is 0.600 bits per heavy atom. The van der Waals surface area contributed by atoms with Crippen molar-refractivity contribution in [2.24, 2.45) is 0 Å². The molecule has 3 atom stereocenters. The summed E-state index contributed by atoms with van der Waals surface area (Å²) in [4.78, 5) is 25.0. The Hall–Kier alpha value is -2.06. The molecule has 0 fully saturated rings. The third-order valence-electron chi connectivity index (χ3n) is 10.5. The van der Waals surface area contributed by atoms with Gasteiger partial charge in [0.25, 0.3) is 7.82 Å². The molecule has 0 saturated heterocycles. The SMILES string of the molecule is CC/C=C\C/C=C\C/C=C\C/C=C\C/C=C\C/C=C\CCCCCCCCCCCCCCCCCCC(=O)NC(COP(=O)([O-])OCC[N+](C)(C)C)C(O)CCCCC. The van der Waals surface area contributed by atoms with Gasteiger partial charge in [-0.05, 0) is 64.2 Å². The lowest BCUT2D eigenvalue weighted by atomic mass is 10.0. The third-order valence-corrected chi connectivity index (χ3v) is 11.4. The number of rotatable bonds is 43. The van der Waals surface area contributed by atoms with Gasteiger partial charge in [0.15, 0.2) is 0 Å². The van der Waals surface area contributed by atoms with Crippen LogP contribution in [0, 0.1) is 0 Å². The maximum Gasteiger partial charge on any atom is 0.268 e. The number of unbranched alkanes of at least 4 members (excludes halogenated alkanes) is 18. The number of hydrogen-bond acceptors (Lipinski definition) is 6. The minimum atomic E-state index is -4.54. The van der Waals surface area contributed by atoms with Crippen LogP contribution >= 0.6 is 7.82 Å². The molecular weight excluding hydrogens is 768 g/mol. The fourth-order valence-corrected chi connectivity index (χ4v) is 7.35. The Morgan fingerprint density at radius 2 is 1.02 bits per heavy atom. The van der Waals surface area contributed by atoms with Crippen molar-refractivity contribution in [2.45, 2.75) is 206 Å². The monoisotopic (exact) mass is 861 g/mol. The van der Waals surface area contributed by atoms with Crippen LogP contribution in [0.25, 0.3) is 0 Å². The molecule has 9 heteroatoms. The van der Waals surface area contributed by atoms with Gasteiger partial charge in [0.05, 0.1) is 39.9 Å². The number of aliphatic hydroxyl groups is 1. The van der Waals surface area contributed by atoms with Gasteiger partial charge < -0.3 is 28.8 Å². The molecule has 1 amide bonds. The molecule has 0 saturated carbocycles. The Balaban J connectivity index is 3.76. The molecular formula is C51H93N2O6P. The summed E-state index contributed by atoms with van der Waals surface area (Å²) in [7, 11) is 1.29. The highest BCUT2D eigenvalue weighted by atomic mass is 31.2. The number of carbonyl (C=O) groups excluding carboxylic acids is 1. The van der Waals surface area contributed by atoms with E-state index in [1.807, 2.05) is 21.1 Å². The molecule has 0 spiro atoms. The van der Waals surface area contributed by atoms with Crippen molar-refractivity contribution >= 4 is 13.7 Å². The zero-order chi connectivity index (χ0) is 44.3. The number of nitrogens with one attached hydrogen (secondary N) is 1. The maximum absolute atomic E-state index is 12.7. The first-order chi connectivity index (χ1) is 29.0. The lowest BCUT2D eigenvalue weighted by Crippen LogP contribution is -2.46. The van der Waals surface area contributed by atoms with Gasteiger partial charge in [-0.25, -0.2) is 0 Å². The number of phosphoric ester groups is 1. The van der Waals surface area contributed by atoms with Gasteiger partial charge in [0.2, 0.25) is 5.91 Å². The zero-order valence-corrected chi connectivity index (χ0v) is 40.3. The van der Waals surface area contributed by atoms with Crippen molar-refractivity contribution in [3.63, 3.8) is 0 Å². The molecule has 3 unspecified atom stereocenters. The average Bonchev–Trinajstić information content (AvgIpc) is 3.20. The van der Waals surface area contributed by atoms with Crippen molar-refractivity contribution in [3.8, 4) is 0 Å². The molecule has 0 aliphatic heterocycles. The van der Waals surface area contributed by atoms with Crippen LogP contribution in [0.1, 0.15) is 194 Å². The molecule has 2 N–H and O–H groups in total. The summed E-state index contributed by atoms with van der Waals surface area (Å²) < 4.78 is 23.0. The van der Waals surface area contributed by atoms with Crippen LogP contribution in [-0.4, -0.2) is 68.5 Å². The molecule has 0 aromatic carbocycles. The van der Waals surface area contributed by atoms with Gasteiger partial charge >= 0.3 is 0 Å². The van der Waals surface area contributed by atoms with E-state index in [0.717, 1.165) is 77.0 Å². The van der Waals surface area contributed by atoms with E-state index in [4.69, 9.17) is 9.05 Å². The average molecular weight is 861 g/mol. The highest BCUT2D eigenvalue weighted by molar-refractivity contribution is 7.45. The third kappa shape index (κ3) is 44.0. The highest BCUT2D eigenvalue weighted by Gasteiger charge is 2.24. The smallest absolute Gasteiger partial charge is 0.268 e. The predicted molar refractivity (Wildman–Crippen MR) is 256 cm³/mol. The largest absolute Gasteiger partial charge is 0.756 e. The second-order valence-corrected chi connectivity index (χ2v) is 18.8. The first-order valence-corrected chi connectivity index (χ1v) is 25.7. The molecule has 0 aliphatic carbocycles. The minimum Gasteiger partial charge on any atom is -0.756 e. The number of nitrogens with zero attached hydrogens (tertiary/aromatic N) is 1. The second kappa shape index (κ2) is 42.3. The summed E-state index contributed by atoms with van der Waals surface area (Å²) in [5, 5.41) is 13.6. The van der Waals surface area contributed by atoms with Crippen LogP contribution in [0.3, 0.4) is 0 Å². The first-order valence-electron chi connectivity index (χ1n) is 24.3. The van der Waals surface area contributed by atoms with Crippen LogP contribution in [0.2, 0.25) is 0 Å². The Morgan fingerprint density at radius 3 is 1.45 bits per heavy atom. The molecule has 0 radical (unpaired) electrons. The molecule has 0 aromatic rings. The van der Waals surface area contributed by atoms with E-state index in [-0.39, 0.29) is 19.1 Å². The number of aliphatic hydroxyl groups excluding tert-OH is 1. The second-order valence-electron chi connectivity index (χ2n) is 17.4. The van der Waals surface area contributed by atoms with Crippen molar-refractivity contribution in [1.82, 2.24) is 5.32 Å². The number of hydrogen-bond donors (Lipinski definition) is 2. The maximum atomic E-state index is 12.7. The molecule has 348 valence electrons. The number of likely N-dealkylation sites (N-methyl/N-ethyl adjacent to an activating group) is 1. The van der Waals surface area contributed by atoms with Crippen molar-refractivity contribution in [2.75, 3.05) is 40.9 Å². The highest BCUT2D eigenvalue weighted by Crippen LogP contribution is 2.38. The molecule has 0 bridgehead atoms. The normalized spacial score (nSPS) is 14.8. The fraction of sp³-hybridized carbons (Fsp3) is 0.745. The van der Waals surface area contributed by atoms with Gasteiger partial charge in [-0.15, -0.1) is 0 Å². The number of carbonyl (C=O) groups is 1. The van der Waals surface area contributed by atoms with Crippen LogP contribution in [0.15, 0.2) is 72.9 Å². The van der Waals surface area contributed by atoms with E-state index in [1.54, 1.807) is 0 Å². The fourth-order valence-electron chi connectivity index (χ4n) is 6.63. The summed E-state index contributed by atoms with van der Waals surface area (Å²) in [6, 6.07) is -0.797. The number of phosphoric acid groups is 1. The quantitative estimate of drug-likeness (QED) is 0.0274.